The van der Waals surface area contributed by atoms with Gasteiger partial charge in [-0.05, 0) is 23.1 Å². The number of alkyl carbamates (subject to hydrolysis) is 1. The van der Waals surface area contributed by atoms with Crippen LogP contribution in [0.5, 0.6) is 0 Å². The van der Waals surface area contributed by atoms with Crippen LogP contribution in [-0.4, -0.2) is 36.7 Å². The summed E-state index contributed by atoms with van der Waals surface area (Å²) >= 11 is 0. The maximum atomic E-state index is 13.3. The van der Waals surface area contributed by atoms with Crippen LogP contribution >= 0.6 is 0 Å². The zero-order chi connectivity index (χ0) is 24.9. The maximum absolute atomic E-state index is 13.3. The van der Waals surface area contributed by atoms with Crippen LogP contribution in [0.15, 0.2) is 91.0 Å². The summed E-state index contributed by atoms with van der Waals surface area (Å²) < 4.78 is 10.5. The molecule has 3 aromatic carbocycles. The Bertz CT molecular complexity index is 1070. The number of hydrogen-bond donors (Lipinski definition) is 2. The molecule has 2 atom stereocenters. The molecular formula is C28H30N2O5. The largest absolute Gasteiger partial charge is 0.464 e. The van der Waals surface area contributed by atoms with Crippen LogP contribution in [0.2, 0.25) is 0 Å². The third kappa shape index (κ3) is 9.33. The minimum Gasteiger partial charge on any atom is -0.464 e. The van der Waals surface area contributed by atoms with Gasteiger partial charge in [-0.1, -0.05) is 91.0 Å². The monoisotopic (exact) mass is 474 g/mol. The molecular weight excluding hydrogens is 444 g/mol. The van der Waals surface area contributed by atoms with Crippen LogP contribution in [0.1, 0.15) is 23.6 Å². The molecule has 2 amide bonds. The molecule has 7 heteroatoms. The molecule has 0 saturated heterocycles. The summed E-state index contributed by atoms with van der Waals surface area (Å²) in [7, 11) is 0. The lowest BCUT2D eigenvalue weighted by atomic mass is 10.0. The molecule has 3 rings (SSSR count). The van der Waals surface area contributed by atoms with Crippen LogP contribution in [0.25, 0.3) is 0 Å². The Hall–Kier alpha value is -4.13. The fraction of sp³-hybridized carbons (Fsp3) is 0.250. The molecule has 0 heterocycles. The zero-order valence-electron chi connectivity index (χ0n) is 19.7. The van der Waals surface area contributed by atoms with Crippen LogP contribution in [0, 0.1) is 0 Å². The fourth-order valence-electron chi connectivity index (χ4n) is 3.54. The van der Waals surface area contributed by atoms with E-state index >= 15 is 0 Å². The number of nitrogens with one attached hydrogen (secondary N) is 2. The summed E-state index contributed by atoms with van der Waals surface area (Å²) in [4.78, 5) is 37.2. The SMILES string of the molecule is CC(=O)OC[C@H](Cc1ccccc1)NC(=O)[C@H](Cc1ccccc1)NC(=O)OCc1ccccc1. The van der Waals surface area contributed by atoms with Gasteiger partial charge in [0.25, 0.3) is 0 Å². The summed E-state index contributed by atoms with van der Waals surface area (Å²) in [5.74, 6) is -0.820. The lowest BCUT2D eigenvalue weighted by Gasteiger charge is -2.23. The number of benzene rings is 3. The van der Waals surface area contributed by atoms with E-state index in [1.54, 1.807) is 0 Å². The molecule has 0 aromatic heterocycles. The number of hydrogen-bond acceptors (Lipinski definition) is 5. The van der Waals surface area contributed by atoms with Crippen molar-refractivity contribution in [1.29, 1.82) is 0 Å². The molecule has 0 spiro atoms. The highest BCUT2D eigenvalue weighted by atomic mass is 16.5. The quantitative estimate of drug-likeness (QED) is 0.412. The fourth-order valence-corrected chi connectivity index (χ4v) is 3.54. The van der Waals surface area contributed by atoms with E-state index in [0.717, 1.165) is 16.7 Å². The lowest BCUT2D eigenvalue weighted by molar-refractivity contribution is -0.142. The second kappa shape index (κ2) is 13.5. The van der Waals surface area contributed by atoms with Crippen molar-refractivity contribution in [2.45, 2.75) is 38.5 Å². The van der Waals surface area contributed by atoms with Crippen molar-refractivity contribution in [3.63, 3.8) is 0 Å². The third-order valence-corrected chi connectivity index (χ3v) is 5.26. The van der Waals surface area contributed by atoms with Gasteiger partial charge in [-0.2, -0.15) is 0 Å². The van der Waals surface area contributed by atoms with Crippen molar-refractivity contribution >= 4 is 18.0 Å². The third-order valence-electron chi connectivity index (χ3n) is 5.26. The number of amides is 2. The number of carbonyl (C=O) groups excluding carboxylic acids is 3. The van der Waals surface area contributed by atoms with E-state index in [9.17, 15) is 14.4 Å². The van der Waals surface area contributed by atoms with E-state index in [4.69, 9.17) is 9.47 Å². The van der Waals surface area contributed by atoms with E-state index in [1.165, 1.54) is 6.92 Å². The van der Waals surface area contributed by atoms with Gasteiger partial charge in [0, 0.05) is 13.3 Å². The van der Waals surface area contributed by atoms with Crippen LogP contribution in [0.3, 0.4) is 0 Å². The Kier molecular flexibility index (Phi) is 9.87. The van der Waals surface area contributed by atoms with Crippen molar-refractivity contribution in [3.05, 3.63) is 108 Å². The van der Waals surface area contributed by atoms with Crippen molar-refractivity contribution in [2.24, 2.45) is 0 Å². The molecule has 7 nitrogen and oxygen atoms in total. The van der Waals surface area contributed by atoms with E-state index in [0.29, 0.717) is 6.42 Å². The van der Waals surface area contributed by atoms with Gasteiger partial charge in [-0.15, -0.1) is 0 Å². The lowest BCUT2D eigenvalue weighted by Crippen LogP contribution is -2.52. The summed E-state index contributed by atoms with van der Waals surface area (Å²) in [5.41, 5.74) is 2.71. The summed E-state index contributed by atoms with van der Waals surface area (Å²) in [5, 5.41) is 5.62. The second-order valence-corrected chi connectivity index (χ2v) is 8.15. The molecule has 0 unspecified atom stereocenters. The molecule has 0 bridgehead atoms. The summed E-state index contributed by atoms with van der Waals surface area (Å²) in [6.07, 6.45) is 0.0549. The summed E-state index contributed by atoms with van der Waals surface area (Å²) in [6, 6.07) is 27.0. The first-order valence-corrected chi connectivity index (χ1v) is 11.5. The van der Waals surface area contributed by atoms with Gasteiger partial charge in [0.2, 0.25) is 5.91 Å². The standard InChI is InChI=1S/C28H30N2O5/c1-21(31)34-20-25(17-22-11-5-2-6-12-22)29-27(32)26(18-23-13-7-3-8-14-23)30-28(33)35-19-24-15-9-4-10-16-24/h2-16,25-26H,17-20H2,1H3,(H,29,32)(H,30,33)/t25-,26-/m0/s1. The Morgan fingerprint density at radius 2 is 1.20 bits per heavy atom. The number of ether oxygens (including phenoxy) is 2. The zero-order valence-corrected chi connectivity index (χ0v) is 19.7. The van der Waals surface area contributed by atoms with Crippen LogP contribution < -0.4 is 10.6 Å². The van der Waals surface area contributed by atoms with Gasteiger partial charge in [0.05, 0.1) is 6.04 Å². The topological polar surface area (TPSA) is 93.7 Å². The normalized spacial score (nSPS) is 12.1. The molecule has 182 valence electrons. The number of esters is 1. The Morgan fingerprint density at radius 3 is 1.74 bits per heavy atom. The van der Waals surface area contributed by atoms with Crippen molar-refractivity contribution in [2.75, 3.05) is 6.61 Å². The molecule has 0 radical (unpaired) electrons. The molecule has 0 aliphatic rings. The minimum absolute atomic E-state index is 0.0203. The van der Waals surface area contributed by atoms with E-state index in [2.05, 4.69) is 10.6 Å². The van der Waals surface area contributed by atoms with E-state index in [1.807, 2.05) is 91.0 Å². The van der Waals surface area contributed by atoms with Crippen molar-refractivity contribution in [3.8, 4) is 0 Å². The first-order valence-electron chi connectivity index (χ1n) is 11.5. The van der Waals surface area contributed by atoms with E-state index < -0.39 is 30.1 Å². The van der Waals surface area contributed by atoms with Crippen molar-refractivity contribution < 1.29 is 23.9 Å². The molecule has 0 saturated carbocycles. The molecule has 2 N–H and O–H groups in total. The van der Waals surface area contributed by atoms with Gasteiger partial charge in [-0.25, -0.2) is 4.79 Å². The molecule has 0 aliphatic carbocycles. The van der Waals surface area contributed by atoms with Gasteiger partial charge in [0.15, 0.2) is 0 Å². The van der Waals surface area contributed by atoms with Gasteiger partial charge < -0.3 is 20.1 Å². The van der Waals surface area contributed by atoms with Crippen LogP contribution in [0.4, 0.5) is 4.79 Å². The second-order valence-electron chi connectivity index (χ2n) is 8.15. The highest BCUT2D eigenvalue weighted by Gasteiger charge is 2.25. The first-order chi connectivity index (χ1) is 17.0. The molecule has 35 heavy (non-hydrogen) atoms. The highest BCUT2D eigenvalue weighted by molar-refractivity contribution is 5.86. The predicted molar refractivity (Wildman–Crippen MR) is 132 cm³/mol. The first kappa shape index (κ1) is 25.5. The molecule has 0 fully saturated rings. The number of rotatable bonds is 11. The Morgan fingerprint density at radius 1 is 0.686 bits per heavy atom. The van der Waals surface area contributed by atoms with Crippen molar-refractivity contribution in [1.82, 2.24) is 10.6 Å². The maximum Gasteiger partial charge on any atom is 0.408 e. The Labute approximate surface area is 205 Å². The van der Waals surface area contributed by atoms with Gasteiger partial charge in [0.1, 0.15) is 19.3 Å². The minimum atomic E-state index is -0.878. The van der Waals surface area contributed by atoms with Crippen LogP contribution in [-0.2, 0) is 38.5 Å². The van der Waals surface area contributed by atoms with Gasteiger partial charge in [-0.3, -0.25) is 9.59 Å². The molecule has 0 aliphatic heterocycles. The number of carbonyl (C=O) groups is 3. The highest BCUT2D eigenvalue weighted by Crippen LogP contribution is 2.08. The molecule has 3 aromatic rings. The Balaban J connectivity index is 1.68. The predicted octanol–water partition coefficient (Wildman–Crippen LogP) is 3.81. The smallest absolute Gasteiger partial charge is 0.408 e. The average Bonchev–Trinajstić information content (AvgIpc) is 2.87. The summed E-state index contributed by atoms with van der Waals surface area (Å²) in [6.45, 7) is 1.44. The average molecular weight is 475 g/mol. The van der Waals surface area contributed by atoms with Gasteiger partial charge >= 0.3 is 12.1 Å². The van der Waals surface area contributed by atoms with E-state index in [-0.39, 0.29) is 19.6 Å².